The molecule has 1 aliphatic rings. The monoisotopic (exact) mass is 299 g/mol. The van der Waals surface area contributed by atoms with Gasteiger partial charge >= 0.3 is 0 Å². The Hall–Kier alpha value is -0.810. The number of hydrogen-bond acceptors (Lipinski definition) is 4. The van der Waals surface area contributed by atoms with Gasteiger partial charge in [0.25, 0.3) is 0 Å². The first-order valence-electron chi connectivity index (χ1n) is 5.90. The lowest BCUT2D eigenvalue weighted by molar-refractivity contribution is 0.125. The smallest absolute Gasteiger partial charge is 0.159 e. The van der Waals surface area contributed by atoms with Crippen molar-refractivity contribution in [3.05, 3.63) is 16.9 Å². The van der Waals surface area contributed by atoms with E-state index in [4.69, 9.17) is 10.5 Å². The number of piperidine rings is 1. The summed E-state index contributed by atoms with van der Waals surface area (Å²) in [5.41, 5.74) is 6.42. The van der Waals surface area contributed by atoms with E-state index in [2.05, 4.69) is 32.9 Å². The van der Waals surface area contributed by atoms with E-state index in [0.29, 0.717) is 24.1 Å². The molecular formula is C12H18BrN3O. The van der Waals surface area contributed by atoms with Gasteiger partial charge in [-0.25, -0.2) is 0 Å². The molecule has 4 nitrogen and oxygen atoms in total. The lowest BCUT2D eigenvalue weighted by atomic mass is 10.0. The number of aromatic nitrogens is 1. The number of ether oxygens (including phenoxy) is 1. The zero-order chi connectivity index (χ0) is 12.3. The Morgan fingerprint density at radius 1 is 1.53 bits per heavy atom. The van der Waals surface area contributed by atoms with Gasteiger partial charge in [0.15, 0.2) is 5.75 Å². The molecule has 1 saturated heterocycles. The van der Waals surface area contributed by atoms with Crippen molar-refractivity contribution in [3.8, 4) is 5.75 Å². The topological polar surface area (TPSA) is 51.4 Å². The van der Waals surface area contributed by atoms with Gasteiger partial charge in [-0.05, 0) is 42.4 Å². The quantitative estimate of drug-likeness (QED) is 0.930. The third kappa shape index (κ3) is 3.10. The molecule has 94 valence electrons. The first-order chi connectivity index (χ1) is 8.18. The van der Waals surface area contributed by atoms with Crippen molar-refractivity contribution < 1.29 is 4.74 Å². The lowest BCUT2D eigenvalue weighted by Crippen LogP contribution is -2.40. The van der Waals surface area contributed by atoms with E-state index in [0.717, 1.165) is 11.0 Å². The van der Waals surface area contributed by atoms with E-state index in [1.807, 2.05) is 0 Å². The molecule has 1 aromatic rings. The highest BCUT2D eigenvalue weighted by molar-refractivity contribution is 9.10. The molecule has 1 fully saturated rings. The van der Waals surface area contributed by atoms with Crippen molar-refractivity contribution in [3.63, 3.8) is 0 Å². The number of pyridine rings is 1. The Labute approximate surface area is 110 Å². The van der Waals surface area contributed by atoms with Crippen molar-refractivity contribution in [2.75, 3.05) is 25.9 Å². The van der Waals surface area contributed by atoms with E-state index < -0.39 is 0 Å². The average Bonchev–Trinajstić information content (AvgIpc) is 2.30. The lowest BCUT2D eigenvalue weighted by Gasteiger charge is -2.32. The highest BCUT2D eigenvalue weighted by Crippen LogP contribution is 2.30. The van der Waals surface area contributed by atoms with Gasteiger partial charge in [-0.15, -0.1) is 0 Å². The van der Waals surface area contributed by atoms with Gasteiger partial charge in [-0.1, -0.05) is 6.42 Å². The van der Waals surface area contributed by atoms with Crippen molar-refractivity contribution in [2.45, 2.75) is 25.3 Å². The second-order valence-electron chi connectivity index (χ2n) is 4.48. The number of likely N-dealkylation sites (tertiary alicyclic amines) is 1. The zero-order valence-electron chi connectivity index (χ0n) is 10.0. The molecule has 0 aromatic carbocycles. The Morgan fingerprint density at radius 2 is 2.35 bits per heavy atom. The highest BCUT2D eigenvalue weighted by Gasteiger charge is 2.20. The zero-order valence-corrected chi connectivity index (χ0v) is 11.6. The van der Waals surface area contributed by atoms with Crippen LogP contribution in [-0.4, -0.2) is 36.1 Å². The van der Waals surface area contributed by atoms with Crippen LogP contribution in [0.25, 0.3) is 0 Å². The van der Waals surface area contributed by atoms with Crippen molar-refractivity contribution in [1.29, 1.82) is 0 Å². The molecule has 2 rings (SSSR count). The Morgan fingerprint density at radius 3 is 3.06 bits per heavy atom. The van der Waals surface area contributed by atoms with Gasteiger partial charge in [-0.2, -0.15) is 0 Å². The third-order valence-electron chi connectivity index (χ3n) is 3.22. The van der Waals surface area contributed by atoms with Crippen LogP contribution in [0.2, 0.25) is 0 Å². The summed E-state index contributed by atoms with van der Waals surface area (Å²) in [7, 11) is 2.15. The van der Waals surface area contributed by atoms with Crippen LogP contribution in [-0.2, 0) is 0 Å². The van der Waals surface area contributed by atoms with Gasteiger partial charge < -0.3 is 15.4 Å². The molecule has 0 aliphatic carbocycles. The molecule has 1 unspecified atom stereocenters. The normalized spacial score (nSPS) is 21.4. The van der Waals surface area contributed by atoms with Crippen LogP contribution in [0, 0.1) is 0 Å². The second kappa shape index (κ2) is 5.69. The number of halogens is 1. The Bertz CT molecular complexity index is 366. The van der Waals surface area contributed by atoms with Crippen LogP contribution < -0.4 is 10.5 Å². The highest BCUT2D eigenvalue weighted by atomic mass is 79.9. The number of nitrogens with two attached hydrogens (primary N) is 1. The number of hydrogen-bond donors (Lipinski definition) is 1. The number of nitrogen functional groups attached to an aromatic ring is 1. The second-order valence-corrected chi connectivity index (χ2v) is 5.34. The maximum Gasteiger partial charge on any atom is 0.159 e. The fraction of sp³-hybridized carbons (Fsp3) is 0.583. The fourth-order valence-corrected chi connectivity index (χ4v) is 2.59. The summed E-state index contributed by atoms with van der Waals surface area (Å²) >= 11 is 3.41. The summed E-state index contributed by atoms with van der Waals surface area (Å²) in [4.78, 5) is 6.35. The maximum absolute atomic E-state index is 5.84. The molecule has 5 heteroatoms. The first kappa shape index (κ1) is 12.6. The van der Waals surface area contributed by atoms with E-state index in [9.17, 15) is 0 Å². The molecule has 0 saturated carbocycles. The largest absolute Gasteiger partial charge is 0.488 e. The molecule has 0 bridgehead atoms. The van der Waals surface area contributed by atoms with Crippen LogP contribution in [0.15, 0.2) is 16.9 Å². The van der Waals surface area contributed by atoms with Gasteiger partial charge in [0.05, 0.1) is 16.4 Å². The van der Waals surface area contributed by atoms with E-state index in [-0.39, 0.29) is 0 Å². The summed E-state index contributed by atoms with van der Waals surface area (Å²) in [5, 5.41) is 0. The summed E-state index contributed by atoms with van der Waals surface area (Å²) in [5.74, 6) is 0.707. The SMILES string of the molecule is CN1CCCCC1COc1c(N)cncc1Br. The van der Waals surface area contributed by atoms with Crippen molar-refractivity contribution in [2.24, 2.45) is 0 Å². The molecule has 0 spiro atoms. The van der Waals surface area contributed by atoms with Gasteiger partial charge in [0.1, 0.15) is 6.61 Å². The predicted octanol–water partition coefficient (Wildman–Crippen LogP) is 2.29. The molecule has 2 N–H and O–H groups in total. The fourth-order valence-electron chi connectivity index (χ4n) is 2.12. The van der Waals surface area contributed by atoms with Crippen LogP contribution in [0.3, 0.4) is 0 Å². The predicted molar refractivity (Wildman–Crippen MR) is 72.1 cm³/mol. The third-order valence-corrected chi connectivity index (χ3v) is 3.79. The van der Waals surface area contributed by atoms with Crippen LogP contribution in [0.5, 0.6) is 5.75 Å². The molecule has 1 aromatic heterocycles. The summed E-state index contributed by atoms with van der Waals surface area (Å²) in [6.07, 6.45) is 7.08. The van der Waals surface area contributed by atoms with Crippen molar-refractivity contribution in [1.82, 2.24) is 9.88 Å². The molecule has 0 amide bonds. The average molecular weight is 300 g/mol. The van der Waals surface area contributed by atoms with Gasteiger partial charge in [0, 0.05) is 12.2 Å². The standard InChI is InChI=1S/C12H18BrN3O/c1-16-5-3-2-4-9(16)8-17-12-10(13)6-15-7-11(12)14/h6-7,9H,2-5,8,14H2,1H3. The summed E-state index contributed by atoms with van der Waals surface area (Å²) in [6.45, 7) is 1.84. The summed E-state index contributed by atoms with van der Waals surface area (Å²) < 4.78 is 6.64. The van der Waals surface area contributed by atoms with E-state index in [1.165, 1.54) is 19.3 Å². The van der Waals surface area contributed by atoms with E-state index >= 15 is 0 Å². The minimum Gasteiger partial charge on any atom is -0.488 e. The molecule has 2 heterocycles. The molecule has 0 radical (unpaired) electrons. The summed E-state index contributed by atoms with van der Waals surface area (Å²) in [6, 6.07) is 0.489. The first-order valence-corrected chi connectivity index (χ1v) is 6.70. The molecule has 1 aliphatic heterocycles. The Kier molecular flexibility index (Phi) is 4.23. The number of anilines is 1. The minimum absolute atomic E-state index is 0.489. The number of likely N-dealkylation sites (N-methyl/N-ethyl adjacent to an activating group) is 1. The molecular weight excluding hydrogens is 282 g/mol. The van der Waals surface area contributed by atoms with Gasteiger partial charge in [-0.3, -0.25) is 4.98 Å². The molecule has 17 heavy (non-hydrogen) atoms. The number of rotatable bonds is 3. The maximum atomic E-state index is 5.84. The molecule has 1 atom stereocenters. The van der Waals surface area contributed by atoms with Gasteiger partial charge in [0.2, 0.25) is 0 Å². The van der Waals surface area contributed by atoms with Crippen LogP contribution in [0.1, 0.15) is 19.3 Å². The van der Waals surface area contributed by atoms with Crippen LogP contribution in [0.4, 0.5) is 5.69 Å². The van der Waals surface area contributed by atoms with E-state index in [1.54, 1.807) is 12.4 Å². The number of nitrogens with zero attached hydrogens (tertiary/aromatic N) is 2. The van der Waals surface area contributed by atoms with Crippen molar-refractivity contribution >= 4 is 21.6 Å². The Balaban J connectivity index is 1.97. The van der Waals surface area contributed by atoms with Crippen LogP contribution >= 0.6 is 15.9 Å². The minimum atomic E-state index is 0.489.